The number of thiazole rings is 1. The number of hydrogen-bond acceptors (Lipinski definition) is 4. The van der Waals surface area contributed by atoms with E-state index in [2.05, 4.69) is 16.9 Å². The van der Waals surface area contributed by atoms with E-state index in [1.807, 2.05) is 6.07 Å². The Morgan fingerprint density at radius 1 is 1.17 bits per heavy atom. The minimum Gasteiger partial charge on any atom is -0.506 e. The number of aryl methyl sites for hydroxylation is 1. The Kier molecular flexibility index (Phi) is 4.52. The average Bonchev–Trinajstić information content (AvgIpc) is 2.91. The number of aromatic nitrogens is 2. The van der Waals surface area contributed by atoms with Crippen LogP contribution in [0.1, 0.15) is 36.2 Å². The molecule has 0 aliphatic carbocycles. The molecule has 0 unspecified atom stereocenters. The van der Waals surface area contributed by atoms with Gasteiger partial charge in [-0.05, 0) is 25.0 Å². The van der Waals surface area contributed by atoms with Crippen LogP contribution in [0.2, 0.25) is 0 Å². The van der Waals surface area contributed by atoms with E-state index in [-0.39, 0.29) is 5.75 Å². The van der Waals surface area contributed by atoms with Crippen molar-refractivity contribution in [3.63, 3.8) is 0 Å². The topological polar surface area (TPSA) is 46.0 Å². The maximum atomic E-state index is 13.7. The van der Waals surface area contributed by atoms with Gasteiger partial charge in [0.1, 0.15) is 22.4 Å². The second kappa shape index (κ2) is 6.58. The monoisotopic (exact) mass is 334 g/mol. The Labute approximate surface area is 136 Å². The maximum absolute atomic E-state index is 13.7. The molecule has 120 valence electrons. The second-order valence-electron chi connectivity index (χ2n) is 5.39. The quantitative estimate of drug-likeness (QED) is 0.741. The second-order valence-corrected chi connectivity index (χ2v) is 6.48. The van der Waals surface area contributed by atoms with E-state index in [1.54, 1.807) is 6.07 Å². The van der Waals surface area contributed by atoms with Crippen LogP contribution in [-0.2, 0) is 12.8 Å². The summed E-state index contributed by atoms with van der Waals surface area (Å²) in [6, 6.07) is 5.50. The molecular formula is C17H16F2N2OS. The van der Waals surface area contributed by atoms with Gasteiger partial charge in [-0.25, -0.2) is 13.8 Å². The van der Waals surface area contributed by atoms with Crippen LogP contribution in [0.3, 0.4) is 0 Å². The van der Waals surface area contributed by atoms with Crippen molar-refractivity contribution >= 4 is 21.6 Å². The highest BCUT2D eigenvalue weighted by Crippen LogP contribution is 2.28. The van der Waals surface area contributed by atoms with E-state index in [0.29, 0.717) is 27.3 Å². The molecule has 0 fully saturated rings. The number of benzene rings is 1. The summed E-state index contributed by atoms with van der Waals surface area (Å²) in [4.78, 5) is 8.71. The fourth-order valence-electron chi connectivity index (χ4n) is 2.39. The smallest absolute Gasteiger partial charge is 0.145 e. The first kappa shape index (κ1) is 15.8. The summed E-state index contributed by atoms with van der Waals surface area (Å²) in [5, 5.41) is 10.6. The first-order chi connectivity index (χ1) is 11.1. The zero-order chi connectivity index (χ0) is 16.4. The van der Waals surface area contributed by atoms with Crippen LogP contribution in [0, 0.1) is 11.6 Å². The van der Waals surface area contributed by atoms with Crippen LogP contribution in [0.4, 0.5) is 8.78 Å². The summed E-state index contributed by atoms with van der Waals surface area (Å²) in [5.41, 5.74) is 1.72. The van der Waals surface area contributed by atoms with E-state index in [0.717, 1.165) is 42.4 Å². The highest BCUT2D eigenvalue weighted by molar-refractivity contribution is 7.18. The average molecular weight is 334 g/mol. The molecule has 0 aliphatic heterocycles. The Hall–Kier alpha value is -2.08. The predicted octanol–water partition coefficient (Wildman–Crippen LogP) is 4.61. The summed E-state index contributed by atoms with van der Waals surface area (Å²) in [7, 11) is 0. The fraction of sp³-hybridized carbons (Fsp3) is 0.294. The number of nitrogens with zero attached hydrogens (tertiary/aromatic N) is 2. The van der Waals surface area contributed by atoms with Crippen molar-refractivity contribution in [3.05, 3.63) is 52.3 Å². The molecule has 0 radical (unpaired) electrons. The Morgan fingerprint density at radius 2 is 2.00 bits per heavy atom. The fourth-order valence-corrected chi connectivity index (χ4v) is 3.35. The summed E-state index contributed by atoms with van der Waals surface area (Å²) in [6.45, 7) is 2.11. The molecule has 0 atom stereocenters. The predicted molar refractivity (Wildman–Crippen MR) is 86.9 cm³/mol. The van der Waals surface area contributed by atoms with Gasteiger partial charge in [0.05, 0.1) is 15.9 Å². The molecular weight excluding hydrogens is 318 g/mol. The molecule has 23 heavy (non-hydrogen) atoms. The van der Waals surface area contributed by atoms with Crippen molar-refractivity contribution in [2.75, 3.05) is 0 Å². The van der Waals surface area contributed by atoms with Crippen LogP contribution < -0.4 is 0 Å². The molecule has 3 aromatic rings. The van der Waals surface area contributed by atoms with Crippen molar-refractivity contribution in [2.24, 2.45) is 0 Å². The molecule has 0 bridgehead atoms. The van der Waals surface area contributed by atoms with E-state index in [9.17, 15) is 13.9 Å². The Balaban J connectivity index is 1.91. The lowest BCUT2D eigenvalue weighted by Gasteiger charge is -2.05. The van der Waals surface area contributed by atoms with Gasteiger partial charge in [0.25, 0.3) is 0 Å². The van der Waals surface area contributed by atoms with Crippen molar-refractivity contribution < 1.29 is 13.9 Å². The summed E-state index contributed by atoms with van der Waals surface area (Å²) in [6.07, 6.45) is 3.25. The summed E-state index contributed by atoms with van der Waals surface area (Å²) < 4.78 is 27.3. The van der Waals surface area contributed by atoms with E-state index < -0.39 is 11.6 Å². The number of halogens is 2. The zero-order valence-electron chi connectivity index (χ0n) is 12.6. The molecule has 0 aliphatic rings. The lowest BCUT2D eigenvalue weighted by Crippen LogP contribution is -1.97. The van der Waals surface area contributed by atoms with Gasteiger partial charge < -0.3 is 5.11 Å². The van der Waals surface area contributed by atoms with Crippen LogP contribution in [0.5, 0.6) is 5.75 Å². The highest BCUT2D eigenvalue weighted by Gasteiger charge is 2.13. The van der Waals surface area contributed by atoms with Gasteiger partial charge in [0, 0.05) is 24.2 Å². The van der Waals surface area contributed by atoms with Gasteiger partial charge >= 0.3 is 0 Å². The minimum atomic E-state index is -0.644. The first-order valence-corrected chi connectivity index (χ1v) is 8.30. The normalized spacial score (nSPS) is 11.3. The molecule has 0 saturated carbocycles. The lowest BCUT2D eigenvalue weighted by atomic mass is 10.1. The number of fused-ring (bicyclic) bond motifs is 1. The minimum absolute atomic E-state index is 0.0937. The molecule has 2 aromatic heterocycles. The maximum Gasteiger partial charge on any atom is 0.145 e. The molecule has 6 heteroatoms. The summed E-state index contributed by atoms with van der Waals surface area (Å²) in [5.74, 6) is -1.16. The Bertz CT molecular complexity index is 848. The van der Waals surface area contributed by atoms with Crippen LogP contribution >= 0.6 is 11.3 Å². The van der Waals surface area contributed by atoms with Crippen LogP contribution in [0.25, 0.3) is 10.2 Å². The van der Waals surface area contributed by atoms with E-state index in [1.165, 1.54) is 6.07 Å². The molecule has 1 N–H and O–H groups in total. The number of aromatic hydroxyl groups is 1. The highest BCUT2D eigenvalue weighted by atomic mass is 32.1. The molecule has 1 aromatic carbocycles. The van der Waals surface area contributed by atoms with Gasteiger partial charge in [-0.3, -0.25) is 4.98 Å². The third-order valence-corrected chi connectivity index (χ3v) is 4.65. The largest absolute Gasteiger partial charge is 0.506 e. The van der Waals surface area contributed by atoms with E-state index in [4.69, 9.17) is 0 Å². The van der Waals surface area contributed by atoms with Crippen LogP contribution in [0.15, 0.2) is 24.3 Å². The SMILES string of the molecule is CCCCc1ccc(O)c(Cc2nc3cc(F)cc(F)c3s2)n1. The Morgan fingerprint density at radius 3 is 2.78 bits per heavy atom. The molecule has 0 spiro atoms. The third kappa shape index (κ3) is 3.47. The van der Waals surface area contributed by atoms with Crippen molar-refractivity contribution in [1.29, 1.82) is 0 Å². The first-order valence-electron chi connectivity index (χ1n) is 7.49. The van der Waals surface area contributed by atoms with Gasteiger partial charge in [-0.1, -0.05) is 13.3 Å². The van der Waals surface area contributed by atoms with Crippen LogP contribution in [-0.4, -0.2) is 15.1 Å². The number of pyridine rings is 1. The number of unbranched alkanes of at least 4 members (excludes halogenated alkanes) is 1. The van der Waals surface area contributed by atoms with Crippen molar-refractivity contribution in [2.45, 2.75) is 32.6 Å². The van der Waals surface area contributed by atoms with E-state index >= 15 is 0 Å². The molecule has 3 rings (SSSR count). The lowest BCUT2D eigenvalue weighted by molar-refractivity contribution is 0.464. The zero-order valence-corrected chi connectivity index (χ0v) is 13.5. The van der Waals surface area contributed by atoms with Gasteiger partial charge in [0.2, 0.25) is 0 Å². The molecule has 2 heterocycles. The van der Waals surface area contributed by atoms with Crippen molar-refractivity contribution in [3.8, 4) is 5.75 Å². The van der Waals surface area contributed by atoms with Crippen molar-refractivity contribution in [1.82, 2.24) is 9.97 Å². The van der Waals surface area contributed by atoms with Gasteiger partial charge in [-0.2, -0.15) is 0 Å². The molecule has 0 saturated heterocycles. The molecule has 3 nitrogen and oxygen atoms in total. The molecule has 0 amide bonds. The summed E-state index contributed by atoms with van der Waals surface area (Å²) >= 11 is 1.16. The van der Waals surface area contributed by atoms with Gasteiger partial charge in [-0.15, -0.1) is 11.3 Å². The number of hydrogen-bond donors (Lipinski definition) is 1. The number of rotatable bonds is 5. The standard InChI is InChI=1S/C17H16F2N2OS/c1-2-3-4-11-5-6-15(22)13(20-11)9-16-21-14-8-10(18)7-12(19)17(14)23-16/h5-8,22H,2-4,9H2,1H3. The third-order valence-electron chi connectivity index (χ3n) is 3.57. The van der Waals surface area contributed by atoms with Gasteiger partial charge in [0.15, 0.2) is 0 Å².